The van der Waals surface area contributed by atoms with Crippen molar-refractivity contribution < 1.29 is 0 Å². The Hall–Kier alpha value is -1.00. The maximum atomic E-state index is 4.33. The molecule has 1 unspecified atom stereocenters. The number of rotatable bonds is 4. The average molecular weight is 250 g/mol. The summed E-state index contributed by atoms with van der Waals surface area (Å²) >= 11 is 3.38. The van der Waals surface area contributed by atoms with Gasteiger partial charge in [0.05, 0.1) is 16.9 Å². The molecule has 0 amide bonds. The number of thioether (sulfide) groups is 1. The molecule has 0 aromatic carbocycles. The van der Waals surface area contributed by atoms with E-state index in [9.17, 15) is 0 Å². The lowest BCUT2D eigenvalue weighted by atomic mass is 10.2. The van der Waals surface area contributed by atoms with Crippen molar-refractivity contribution in [3.05, 3.63) is 40.7 Å². The maximum Gasteiger partial charge on any atom is 0.0958 e. The molecular formula is C12H14N2S2. The predicted octanol–water partition coefficient (Wildman–Crippen LogP) is 4.04. The van der Waals surface area contributed by atoms with E-state index < -0.39 is 0 Å². The molecule has 2 aromatic heterocycles. The van der Waals surface area contributed by atoms with Crippen LogP contribution in [0.4, 0.5) is 5.69 Å². The van der Waals surface area contributed by atoms with Crippen molar-refractivity contribution in [2.75, 3.05) is 11.6 Å². The summed E-state index contributed by atoms with van der Waals surface area (Å²) in [7, 11) is 0. The number of nitrogens with zero attached hydrogens (tertiary/aromatic N) is 1. The topological polar surface area (TPSA) is 24.9 Å². The lowest BCUT2D eigenvalue weighted by Gasteiger charge is -2.13. The molecule has 2 aromatic rings. The van der Waals surface area contributed by atoms with Gasteiger partial charge in [0.2, 0.25) is 0 Å². The molecule has 0 saturated carbocycles. The zero-order valence-electron chi connectivity index (χ0n) is 9.31. The summed E-state index contributed by atoms with van der Waals surface area (Å²) in [5, 5.41) is 8.75. The highest BCUT2D eigenvalue weighted by atomic mass is 32.2. The van der Waals surface area contributed by atoms with Crippen LogP contribution >= 0.6 is 23.1 Å². The Morgan fingerprint density at radius 3 is 2.81 bits per heavy atom. The number of hydrogen-bond acceptors (Lipinski definition) is 4. The first-order valence-electron chi connectivity index (χ1n) is 5.08. The maximum absolute atomic E-state index is 4.33. The zero-order valence-corrected chi connectivity index (χ0v) is 10.9. The third-order valence-corrected chi connectivity index (χ3v) is 3.73. The Morgan fingerprint density at radius 2 is 2.25 bits per heavy atom. The van der Waals surface area contributed by atoms with Crippen molar-refractivity contribution in [3.8, 4) is 0 Å². The molecule has 0 aliphatic rings. The summed E-state index contributed by atoms with van der Waals surface area (Å²) in [6, 6.07) is 6.58. The van der Waals surface area contributed by atoms with E-state index in [1.807, 2.05) is 18.5 Å². The van der Waals surface area contributed by atoms with Crippen molar-refractivity contribution in [1.82, 2.24) is 4.98 Å². The largest absolute Gasteiger partial charge is 0.377 e. The highest BCUT2D eigenvalue weighted by Crippen LogP contribution is 2.21. The second-order valence-electron chi connectivity index (χ2n) is 3.51. The highest BCUT2D eigenvalue weighted by molar-refractivity contribution is 7.98. The minimum absolute atomic E-state index is 0.327. The van der Waals surface area contributed by atoms with E-state index in [2.05, 4.69) is 40.1 Å². The molecule has 16 heavy (non-hydrogen) atoms. The highest BCUT2D eigenvalue weighted by Gasteiger charge is 2.05. The lowest BCUT2D eigenvalue weighted by molar-refractivity contribution is 0.886. The van der Waals surface area contributed by atoms with E-state index >= 15 is 0 Å². The fourth-order valence-electron chi connectivity index (χ4n) is 1.44. The molecule has 84 valence electrons. The van der Waals surface area contributed by atoms with Gasteiger partial charge in [-0.2, -0.15) is 11.3 Å². The number of aromatic nitrogens is 1. The first kappa shape index (κ1) is 11.5. The van der Waals surface area contributed by atoms with E-state index in [1.54, 1.807) is 23.1 Å². The molecule has 2 heterocycles. The normalized spacial score (nSPS) is 12.4. The Morgan fingerprint density at radius 1 is 1.38 bits per heavy atom. The second-order valence-corrected chi connectivity index (χ2v) is 5.12. The molecule has 1 N–H and O–H groups in total. The second kappa shape index (κ2) is 5.37. The molecule has 0 saturated heterocycles. The van der Waals surface area contributed by atoms with Crippen LogP contribution in [0.2, 0.25) is 0 Å². The van der Waals surface area contributed by atoms with Crippen LogP contribution in [0.3, 0.4) is 0 Å². The first-order chi connectivity index (χ1) is 7.79. The van der Waals surface area contributed by atoms with Gasteiger partial charge in [0.15, 0.2) is 0 Å². The Balaban J connectivity index is 2.03. The predicted molar refractivity (Wildman–Crippen MR) is 72.4 cm³/mol. The first-order valence-corrected chi connectivity index (χ1v) is 7.25. The summed E-state index contributed by atoms with van der Waals surface area (Å²) in [5.74, 6) is 0. The van der Waals surface area contributed by atoms with Crippen LogP contribution in [0.1, 0.15) is 18.5 Å². The van der Waals surface area contributed by atoms with Gasteiger partial charge in [-0.1, -0.05) is 0 Å². The average Bonchev–Trinajstić information content (AvgIpc) is 2.83. The van der Waals surface area contributed by atoms with Gasteiger partial charge in [-0.05, 0) is 47.7 Å². The van der Waals surface area contributed by atoms with Crippen LogP contribution < -0.4 is 5.32 Å². The van der Waals surface area contributed by atoms with Crippen LogP contribution in [0.15, 0.2) is 40.2 Å². The molecule has 4 heteroatoms. The molecule has 2 nitrogen and oxygen atoms in total. The Bertz CT molecular complexity index is 423. The Kier molecular flexibility index (Phi) is 3.85. The van der Waals surface area contributed by atoms with Crippen molar-refractivity contribution >= 4 is 28.8 Å². The van der Waals surface area contributed by atoms with Crippen molar-refractivity contribution in [1.29, 1.82) is 0 Å². The van der Waals surface area contributed by atoms with Crippen LogP contribution in [-0.2, 0) is 0 Å². The van der Waals surface area contributed by atoms with Crippen LogP contribution in [0, 0.1) is 0 Å². The number of anilines is 1. The van der Waals surface area contributed by atoms with E-state index in [0.717, 1.165) is 10.7 Å². The van der Waals surface area contributed by atoms with Gasteiger partial charge in [-0.25, -0.2) is 4.98 Å². The fraction of sp³-hybridized carbons (Fsp3) is 0.250. The van der Waals surface area contributed by atoms with E-state index in [1.165, 1.54) is 5.56 Å². The minimum atomic E-state index is 0.327. The molecule has 0 fully saturated rings. The van der Waals surface area contributed by atoms with Crippen LogP contribution in [-0.4, -0.2) is 11.2 Å². The smallest absolute Gasteiger partial charge is 0.0958 e. The molecule has 0 aliphatic carbocycles. The van der Waals surface area contributed by atoms with Gasteiger partial charge in [0.1, 0.15) is 0 Å². The monoisotopic (exact) mass is 250 g/mol. The third-order valence-electron chi connectivity index (χ3n) is 2.37. The summed E-state index contributed by atoms with van der Waals surface area (Å²) in [6.07, 6.45) is 3.91. The third kappa shape index (κ3) is 2.77. The number of thiophene rings is 1. The summed E-state index contributed by atoms with van der Waals surface area (Å²) < 4.78 is 0. The molecule has 0 aliphatic heterocycles. The molecule has 2 rings (SSSR count). The van der Waals surface area contributed by atoms with E-state index in [0.29, 0.717) is 6.04 Å². The van der Waals surface area contributed by atoms with Gasteiger partial charge >= 0.3 is 0 Å². The van der Waals surface area contributed by atoms with Gasteiger partial charge in [-0.15, -0.1) is 11.8 Å². The van der Waals surface area contributed by atoms with Crippen molar-refractivity contribution in [3.63, 3.8) is 0 Å². The number of pyridine rings is 1. The SMILES string of the molecule is CSc1ccc(NC(C)c2ccsc2)cn1. The summed E-state index contributed by atoms with van der Waals surface area (Å²) in [5.41, 5.74) is 2.38. The fourth-order valence-corrected chi connectivity index (χ4v) is 2.56. The van der Waals surface area contributed by atoms with Crippen molar-refractivity contribution in [2.24, 2.45) is 0 Å². The summed E-state index contributed by atoms with van der Waals surface area (Å²) in [4.78, 5) is 4.33. The quantitative estimate of drug-likeness (QED) is 0.829. The van der Waals surface area contributed by atoms with Gasteiger partial charge in [-0.3, -0.25) is 0 Å². The van der Waals surface area contributed by atoms with E-state index in [-0.39, 0.29) is 0 Å². The van der Waals surface area contributed by atoms with Gasteiger partial charge < -0.3 is 5.32 Å². The van der Waals surface area contributed by atoms with Gasteiger partial charge in [0, 0.05) is 6.04 Å². The molecule has 0 bridgehead atoms. The van der Waals surface area contributed by atoms with Gasteiger partial charge in [0.25, 0.3) is 0 Å². The number of nitrogens with one attached hydrogen (secondary N) is 1. The molecule has 0 radical (unpaired) electrons. The molecule has 0 spiro atoms. The molecule has 1 atom stereocenters. The van der Waals surface area contributed by atoms with Crippen LogP contribution in [0.25, 0.3) is 0 Å². The summed E-state index contributed by atoms with van der Waals surface area (Å²) in [6.45, 7) is 2.16. The standard InChI is InChI=1S/C12H14N2S2/c1-9(10-5-6-16-8-10)14-11-3-4-12(15-2)13-7-11/h3-9,14H,1-2H3. The van der Waals surface area contributed by atoms with E-state index in [4.69, 9.17) is 0 Å². The minimum Gasteiger partial charge on any atom is -0.377 e. The Labute approximate surface area is 104 Å². The van der Waals surface area contributed by atoms with Crippen molar-refractivity contribution in [2.45, 2.75) is 18.0 Å². The van der Waals surface area contributed by atoms with Crippen LogP contribution in [0.5, 0.6) is 0 Å². The zero-order chi connectivity index (χ0) is 11.4. The molecular weight excluding hydrogens is 236 g/mol. The lowest BCUT2D eigenvalue weighted by Crippen LogP contribution is -2.05. The number of hydrogen-bond donors (Lipinski definition) is 1.